The maximum absolute atomic E-state index is 11.8. The van der Waals surface area contributed by atoms with Crippen molar-refractivity contribution in [3.05, 3.63) is 35.9 Å². The van der Waals surface area contributed by atoms with Crippen LogP contribution >= 0.6 is 0 Å². The normalized spacial score (nSPS) is 22.5. The summed E-state index contributed by atoms with van der Waals surface area (Å²) in [6.45, 7) is 4.78. The maximum Gasteiger partial charge on any atom is 0.407 e. The second-order valence-electron chi connectivity index (χ2n) is 5.65. The fourth-order valence-corrected chi connectivity index (χ4v) is 2.88. The number of amides is 1. The lowest BCUT2D eigenvalue weighted by atomic mass is 9.91. The summed E-state index contributed by atoms with van der Waals surface area (Å²) < 4.78 is 5.27. The third-order valence-electron chi connectivity index (χ3n) is 3.94. The zero-order valence-electron chi connectivity index (χ0n) is 11.8. The van der Waals surface area contributed by atoms with E-state index in [2.05, 4.69) is 19.2 Å². The van der Waals surface area contributed by atoms with Crippen LogP contribution in [0, 0.1) is 11.8 Å². The van der Waals surface area contributed by atoms with E-state index in [-0.39, 0.29) is 12.1 Å². The average molecular weight is 261 g/mol. The van der Waals surface area contributed by atoms with Gasteiger partial charge in [0.1, 0.15) is 6.61 Å². The first kappa shape index (κ1) is 13.9. The quantitative estimate of drug-likeness (QED) is 0.896. The van der Waals surface area contributed by atoms with Gasteiger partial charge in [0, 0.05) is 6.04 Å². The SMILES string of the molecule is CC(C)[C@@H]1CCC[C@H]1NC(=O)OCc1ccccc1. The van der Waals surface area contributed by atoms with E-state index >= 15 is 0 Å². The molecule has 1 fully saturated rings. The minimum absolute atomic E-state index is 0.281. The fourth-order valence-electron chi connectivity index (χ4n) is 2.88. The molecule has 104 valence electrons. The van der Waals surface area contributed by atoms with Gasteiger partial charge in [-0.2, -0.15) is 0 Å². The van der Waals surface area contributed by atoms with E-state index in [0.717, 1.165) is 12.0 Å². The molecule has 1 saturated carbocycles. The molecule has 0 radical (unpaired) electrons. The smallest absolute Gasteiger partial charge is 0.407 e. The van der Waals surface area contributed by atoms with Gasteiger partial charge < -0.3 is 10.1 Å². The lowest BCUT2D eigenvalue weighted by Gasteiger charge is -2.23. The van der Waals surface area contributed by atoms with Gasteiger partial charge in [0.2, 0.25) is 0 Å². The van der Waals surface area contributed by atoms with Crippen molar-refractivity contribution in [2.45, 2.75) is 45.8 Å². The number of alkyl carbamates (subject to hydrolysis) is 1. The molecule has 0 aromatic heterocycles. The van der Waals surface area contributed by atoms with E-state index in [1.807, 2.05) is 30.3 Å². The van der Waals surface area contributed by atoms with Gasteiger partial charge in [-0.3, -0.25) is 0 Å². The summed E-state index contributed by atoms with van der Waals surface area (Å²) in [5.74, 6) is 1.20. The summed E-state index contributed by atoms with van der Waals surface area (Å²) in [5, 5.41) is 3.02. The van der Waals surface area contributed by atoms with Crippen LogP contribution < -0.4 is 5.32 Å². The molecule has 3 heteroatoms. The molecule has 0 heterocycles. The maximum atomic E-state index is 11.8. The van der Waals surface area contributed by atoms with Crippen molar-refractivity contribution >= 4 is 6.09 Å². The van der Waals surface area contributed by atoms with E-state index < -0.39 is 0 Å². The predicted octanol–water partition coefficient (Wildman–Crippen LogP) is 3.74. The third-order valence-corrected chi connectivity index (χ3v) is 3.94. The van der Waals surface area contributed by atoms with Crippen molar-refractivity contribution in [2.75, 3.05) is 0 Å². The molecule has 19 heavy (non-hydrogen) atoms. The Morgan fingerprint density at radius 1 is 1.32 bits per heavy atom. The Balaban J connectivity index is 1.78. The second-order valence-corrected chi connectivity index (χ2v) is 5.65. The van der Waals surface area contributed by atoms with Crippen molar-refractivity contribution in [1.82, 2.24) is 5.32 Å². The van der Waals surface area contributed by atoms with Crippen molar-refractivity contribution in [3.63, 3.8) is 0 Å². The summed E-state index contributed by atoms with van der Waals surface area (Å²) in [4.78, 5) is 11.8. The topological polar surface area (TPSA) is 38.3 Å². The zero-order chi connectivity index (χ0) is 13.7. The van der Waals surface area contributed by atoms with Crippen molar-refractivity contribution in [1.29, 1.82) is 0 Å². The molecule has 0 saturated heterocycles. The third kappa shape index (κ3) is 3.98. The first-order chi connectivity index (χ1) is 9.16. The summed E-state index contributed by atoms with van der Waals surface area (Å²) in [6, 6.07) is 10.0. The number of hydrogen-bond acceptors (Lipinski definition) is 2. The Morgan fingerprint density at radius 3 is 2.74 bits per heavy atom. The number of carbonyl (C=O) groups is 1. The van der Waals surface area contributed by atoms with Crippen LogP contribution in [0.5, 0.6) is 0 Å². The molecule has 0 aliphatic heterocycles. The molecule has 3 nitrogen and oxygen atoms in total. The molecule has 1 aromatic rings. The highest BCUT2D eigenvalue weighted by molar-refractivity contribution is 5.67. The average Bonchev–Trinajstić information content (AvgIpc) is 2.86. The number of hydrogen-bond donors (Lipinski definition) is 1. The van der Waals surface area contributed by atoms with Crippen LogP contribution in [-0.2, 0) is 11.3 Å². The zero-order valence-corrected chi connectivity index (χ0v) is 11.8. The van der Waals surface area contributed by atoms with Gasteiger partial charge in [0.05, 0.1) is 0 Å². The lowest BCUT2D eigenvalue weighted by Crippen LogP contribution is -2.39. The minimum atomic E-state index is -0.290. The molecule has 0 unspecified atom stereocenters. The molecule has 0 spiro atoms. The van der Waals surface area contributed by atoms with Gasteiger partial charge in [-0.05, 0) is 30.2 Å². The van der Waals surface area contributed by atoms with Crippen LogP contribution in [0.25, 0.3) is 0 Å². The van der Waals surface area contributed by atoms with Gasteiger partial charge >= 0.3 is 6.09 Å². The molecule has 1 aromatic carbocycles. The van der Waals surface area contributed by atoms with Crippen LogP contribution in [0.1, 0.15) is 38.7 Å². The summed E-state index contributed by atoms with van der Waals surface area (Å²) >= 11 is 0. The summed E-state index contributed by atoms with van der Waals surface area (Å²) in [7, 11) is 0. The molecule has 2 rings (SSSR count). The molecule has 1 aliphatic rings. The molecule has 1 N–H and O–H groups in total. The number of rotatable bonds is 4. The van der Waals surface area contributed by atoms with Crippen LogP contribution in [0.2, 0.25) is 0 Å². The van der Waals surface area contributed by atoms with Crippen molar-refractivity contribution in [3.8, 4) is 0 Å². The standard InChI is InChI=1S/C16H23NO2/c1-12(2)14-9-6-10-15(14)17-16(18)19-11-13-7-4-3-5-8-13/h3-5,7-8,12,14-15H,6,9-11H2,1-2H3,(H,17,18)/t14-,15+/m0/s1. The molecular formula is C16H23NO2. The Morgan fingerprint density at radius 2 is 2.05 bits per heavy atom. The first-order valence-electron chi connectivity index (χ1n) is 7.14. The fraction of sp³-hybridized carbons (Fsp3) is 0.562. The highest BCUT2D eigenvalue weighted by atomic mass is 16.5. The van der Waals surface area contributed by atoms with Crippen molar-refractivity contribution < 1.29 is 9.53 Å². The molecule has 2 atom stereocenters. The Kier molecular flexibility index (Phi) is 4.83. The highest BCUT2D eigenvalue weighted by Crippen LogP contribution is 2.31. The largest absolute Gasteiger partial charge is 0.445 e. The van der Waals surface area contributed by atoms with Crippen LogP contribution in [-0.4, -0.2) is 12.1 Å². The number of benzene rings is 1. The van der Waals surface area contributed by atoms with Crippen molar-refractivity contribution in [2.24, 2.45) is 11.8 Å². The molecule has 1 aliphatic carbocycles. The van der Waals surface area contributed by atoms with Gasteiger partial charge in [-0.25, -0.2) is 4.79 Å². The Hall–Kier alpha value is -1.51. The van der Waals surface area contributed by atoms with E-state index in [0.29, 0.717) is 18.4 Å². The first-order valence-corrected chi connectivity index (χ1v) is 7.14. The number of carbonyl (C=O) groups excluding carboxylic acids is 1. The molecule has 0 bridgehead atoms. The summed E-state index contributed by atoms with van der Waals surface area (Å²) in [5.41, 5.74) is 1.02. The van der Waals surface area contributed by atoms with Crippen LogP contribution in [0.3, 0.4) is 0 Å². The Bertz CT molecular complexity index is 402. The second kappa shape index (κ2) is 6.60. The van der Waals surface area contributed by atoms with Gasteiger partial charge in [0.15, 0.2) is 0 Å². The van der Waals surface area contributed by atoms with E-state index in [4.69, 9.17) is 4.74 Å². The van der Waals surface area contributed by atoms with Gasteiger partial charge in [-0.15, -0.1) is 0 Å². The molecule has 1 amide bonds. The lowest BCUT2D eigenvalue weighted by molar-refractivity contribution is 0.131. The van der Waals surface area contributed by atoms with Crippen LogP contribution in [0.4, 0.5) is 4.79 Å². The number of ether oxygens (including phenoxy) is 1. The van der Waals surface area contributed by atoms with E-state index in [9.17, 15) is 4.79 Å². The summed E-state index contributed by atoms with van der Waals surface area (Å²) in [6.07, 6.45) is 3.19. The predicted molar refractivity (Wildman–Crippen MR) is 75.7 cm³/mol. The number of nitrogens with one attached hydrogen (secondary N) is 1. The minimum Gasteiger partial charge on any atom is -0.445 e. The van der Waals surface area contributed by atoms with Gasteiger partial charge in [-0.1, -0.05) is 50.6 Å². The van der Waals surface area contributed by atoms with E-state index in [1.54, 1.807) is 0 Å². The Labute approximate surface area is 115 Å². The molecular weight excluding hydrogens is 238 g/mol. The van der Waals surface area contributed by atoms with Crippen LogP contribution in [0.15, 0.2) is 30.3 Å². The monoisotopic (exact) mass is 261 g/mol. The van der Waals surface area contributed by atoms with E-state index in [1.165, 1.54) is 12.8 Å². The highest BCUT2D eigenvalue weighted by Gasteiger charge is 2.30. The van der Waals surface area contributed by atoms with Gasteiger partial charge in [0.25, 0.3) is 0 Å².